The molecular formula is C18H22FN3O2. The molecule has 0 bridgehead atoms. The molecule has 0 spiro atoms. The Balaban J connectivity index is 1.65. The molecule has 1 aliphatic carbocycles. The van der Waals surface area contributed by atoms with E-state index in [0.29, 0.717) is 31.4 Å². The summed E-state index contributed by atoms with van der Waals surface area (Å²) in [7, 11) is 0. The maximum absolute atomic E-state index is 13.8. The van der Waals surface area contributed by atoms with Gasteiger partial charge in [-0.3, -0.25) is 4.79 Å². The fourth-order valence-corrected chi connectivity index (χ4v) is 3.08. The van der Waals surface area contributed by atoms with Gasteiger partial charge in [0.2, 0.25) is 5.91 Å². The Morgan fingerprint density at radius 2 is 2.04 bits per heavy atom. The molecular weight excluding hydrogens is 309 g/mol. The van der Waals surface area contributed by atoms with Crippen molar-refractivity contribution in [1.29, 1.82) is 0 Å². The van der Waals surface area contributed by atoms with Gasteiger partial charge in [0.25, 0.3) is 0 Å². The van der Waals surface area contributed by atoms with Crippen molar-refractivity contribution < 1.29 is 14.3 Å². The van der Waals surface area contributed by atoms with Gasteiger partial charge in [-0.1, -0.05) is 12.1 Å². The molecule has 3 rings (SSSR count). The Morgan fingerprint density at radius 1 is 1.33 bits per heavy atom. The Morgan fingerprint density at radius 3 is 2.75 bits per heavy atom. The van der Waals surface area contributed by atoms with Crippen molar-refractivity contribution in [2.24, 2.45) is 5.92 Å². The second-order valence-corrected chi connectivity index (χ2v) is 6.41. The number of hydrogen-bond acceptors (Lipinski definition) is 3. The minimum absolute atomic E-state index is 0.00745. The van der Waals surface area contributed by atoms with Gasteiger partial charge in [-0.25, -0.2) is 9.07 Å². The minimum atomic E-state index is -0.343. The van der Waals surface area contributed by atoms with Crippen molar-refractivity contribution in [3.05, 3.63) is 48.0 Å². The van der Waals surface area contributed by atoms with Crippen LogP contribution in [0.4, 0.5) is 4.39 Å². The Kier molecular flexibility index (Phi) is 4.94. The van der Waals surface area contributed by atoms with Crippen LogP contribution in [0.2, 0.25) is 0 Å². The average Bonchev–Trinajstić information content (AvgIpc) is 3.05. The standard InChI is InChI=1S/C18H22FN3O2/c1-12(21-18(24)13-6-8-15(23)9-7-13)14-10-20-22(11-14)17-5-3-2-4-16(17)19/h2-5,10-13,15,23H,6-9H2,1H3,(H,21,24). The smallest absolute Gasteiger partial charge is 0.223 e. The van der Waals surface area contributed by atoms with Crippen LogP contribution < -0.4 is 5.32 Å². The third-order valence-corrected chi connectivity index (χ3v) is 4.63. The lowest BCUT2D eigenvalue weighted by Crippen LogP contribution is -2.35. The first-order valence-electron chi connectivity index (χ1n) is 8.32. The number of hydrogen-bond donors (Lipinski definition) is 2. The molecule has 1 fully saturated rings. The Bertz CT molecular complexity index is 708. The second-order valence-electron chi connectivity index (χ2n) is 6.41. The summed E-state index contributed by atoms with van der Waals surface area (Å²) in [5, 5.41) is 16.7. The number of rotatable bonds is 4. The maximum atomic E-state index is 13.8. The van der Waals surface area contributed by atoms with Crippen LogP contribution in [0.5, 0.6) is 0 Å². The number of para-hydroxylation sites is 1. The van der Waals surface area contributed by atoms with Crippen molar-refractivity contribution in [3.63, 3.8) is 0 Å². The van der Waals surface area contributed by atoms with Gasteiger partial charge in [0.05, 0.1) is 18.3 Å². The first kappa shape index (κ1) is 16.6. The van der Waals surface area contributed by atoms with Crippen LogP contribution in [0.15, 0.2) is 36.7 Å². The molecule has 2 aromatic rings. The van der Waals surface area contributed by atoms with Crippen LogP contribution in [0, 0.1) is 11.7 Å². The van der Waals surface area contributed by atoms with E-state index in [2.05, 4.69) is 10.4 Å². The molecule has 0 radical (unpaired) electrons. The molecule has 1 unspecified atom stereocenters. The minimum Gasteiger partial charge on any atom is -0.393 e. The molecule has 0 aliphatic heterocycles. The molecule has 1 saturated carbocycles. The predicted octanol–water partition coefficient (Wildman–Crippen LogP) is 2.74. The molecule has 0 saturated heterocycles. The molecule has 1 aromatic carbocycles. The molecule has 2 N–H and O–H groups in total. The van der Waals surface area contributed by atoms with Crippen LogP contribution in [0.3, 0.4) is 0 Å². The van der Waals surface area contributed by atoms with Crippen LogP contribution in [-0.4, -0.2) is 26.9 Å². The molecule has 1 aromatic heterocycles. The summed E-state index contributed by atoms with van der Waals surface area (Å²) in [6.07, 6.45) is 5.89. The average molecular weight is 331 g/mol. The monoisotopic (exact) mass is 331 g/mol. The molecule has 128 valence electrons. The number of nitrogens with one attached hydrogen (secondary N) is 1. The zero-order chi connectivity index (χ0) is 17.1. The fourth-order valence-electron chi connectivity index (χ4n) is 3.08. The van der Waals surface area contributed by atoms with Gasteiger partial charge in [0.15, 0.2) is 0 Å². The van der Waals surface area contributed by atoms with Crippen LogP contribution in [0.25, 0.3) is 5.69 Å². The summed E-state index contributed by atoms with van der Waals surface area (Å²) in [4.78, 5) is 12.3. The van der Waals surface area contributed by atoms with Gasteiger partial charge in [-0.05, 0) is 44.7 Å². The van der Waals surface area contributed by atoms with Crippen LogP contribution >= 0.6 is 0 Å². The van der Waals surface area contributed by atoms with Crippen molar-refractivity contribution in [1.82, 2.24) is 15.1 Å². The van der Waals surface area contributed by atoms with Gasteiger partial charge in [0.1, 0.15) is 11.5 Å². The van der Waals surface area contributed by atoms with Gasteiger partial charge >= 0.3 is 0 Å². The highest BCUT2D eigenvalue weighted by molar-refractivity contribution is 5.79. The van der Waals surface area contributed by atoms with E-state index >= 15 is 0 Å². The van der Waals surface area contributed by atoms with Gasteiger partial charge in [-0.15, -0.1) is 0 Å². The first-order chi connectivity index (χ1) is 11.5. The molecule has 5 nitrogen and oxygen atoms in total. The normalized spacial score (nSPS) is 22.1. The maximum Gasteiger partial charge on any atom is 0.223 e. The lowest BCUT2D eigenvalue weighted by Gasteiger charge is -2.25. The summed E-state index contributed by atoms with van der Waals surface area (Å²) in [5.41, 5.74) is 1.20. The van der Waals surface area contributed by atoms with Crippen LogP contribution in [0.1, 0.15) is 44.2 Å². The summed E-state index contributed by atoms with van der Waals surface area (Å²) < 4.78 is 15.3. The highest BCUT2D eigenvalue weighted by atomic mass is 19.1. The molecule has 6 heteroatoms. The number of halogens is 1. The van der Waals surface area contributed by atoms with E-state index in [1.807, 2.05) is 6.92 Å². The summed E-state index contributed by atoms with van der Waals surface area (Å²) in [6.45, 7) is 1.89. The third kappa shape index (κ3) is 3.64. The topological polar surface area (TPSA) is 67.2 Å². The SMILES string of the molecule is CC(NC(=O)C1CCC(O)CC1)c1cnn(-c2ccccc2F)c1. The van der Waals surface area contributed by atoms with E-state index in [-0.39, 0.29) is 29.8 Å². The highest BCUT2D eigenvalue weighted by Crippen LogP contribution is 2.25. The van der Waals surface area contributed by atoms with E-state index in [4.69, 9.17) is 0 Å². The van der Waals surface area contributed by atoms with Crippen molar-refractivity contribution in [2.45, 2.75) is 44.8 Å². The van der Waals surface area contributed by atoms with Crippen LogP contribution in [-0.2, 0) is 4.79 Å². The number of aliphatic hydroxyl groups excluding tert-OH is 1. The van der Waals surface area contributed by atoms with Crippen molar-refractivity contribution in [2.75, 3.05) is 0 Å². The van der Waals surface area contributed by atoms with E-state index in [1.165, 1.54) is 10.7 Å². The number of carbonyl (C=O) groups excluding carboxylic acids is 1. The van der Waals surface area contributed by atoms with Gasteiger partial charge in [0, 0.05) is 17.7 Å². The zero-order valence-corrected chi connectivity index (χ0v) is 13.7. The zero-order valence-electron chi connectivity index (χ0n) is 13.7. The summed E-state index contributed by atoms with van der Waals surface area (Å²) >= 11 is 0. The third-order valence-electron chi connectivity index (χ3n) is 4.63. The summed E-state index contributed by atoms with van der Waals surface area (Å²) in [5.74, 6) is -0.380. The summed E-state index contributed by atoms with van der Waals surface area (Å²) in [6, 6.07) is 6.22. The number of amides is 1. The lowest BCUT2D eigenvalue weighted by molar-refractivity contribution is -0.127. The van der Waals surface area contributed by atoms with E-state index < -0.39 is 0 Å². The molecule has 1 amide bonds. The highest BCUT2D eigenvalue weighted by Gasteiger charge is 2.26. The number of carbonyl (C=O) groups is 1. The second kappa shape index (κ2) is 7.13. The van der Waals surface area contributed by atoms with Gasteiger partial charge < -0.3 is 10.4 Å². The Hall–Kier alpha value is -2.21. The van der Waals surface area contributed by atoms with E-state index in [1.54, 1.807) is 30.6 Å². The molecule has 1 atom stereocenters. The fraction of sp³-hybridized carbons (Fsp3) is 0.444. The van der Waals surface area contributed by atoms with Crippen molar-refractivity contribution in [3.8, 4) is 5.69 Å². The van der Waals surface area contributed by atoms with E-state index in [0.717, 1.165) is 5.56 Å². The van der Waals surface area contributed by atoms with Gasteiger partial charge in [-0.2, -0.15) is 5.10 Å². The number of benzene rings is 1. The molecule has 24 heavy (non-hydrogen) atoms. The Labute approximate surface area is 140 Å². The molecule has 1 aliphatic rings. The van der Waals surface area contributed by atoms with E-state index in [9.17, 15) is 14.3 Å². The van der Waals surface area contributed by atoms with Crippen molar-refractivity contribution >= 4 is 5.91 Å². The number of aliphatic hydroxyl groups is 1. The number of nitrogens with zero attached hydrogens (tertiary/aromatic N) is 2. The molecule has 1 heterocycles. The number of aromatic nitrogens is 2. The lowest BCUT2D eigenvalue weighted by atomic mass is 9.86. The quantitative estimate of drug-likeness (QED) is 0.905. The first-order valence-corrected chi connectivity index (χ1v) is 8.32. The predicted molar refractivity (Wildman–Crippen MR) is 88.0 cm³/mol. The largest absolute Gasteiger partial charge is 0.393 e.